The van der Waals surface area contributed by atoms with Gasteiger partial charge in [-0.05, 0) is 53.6 Å². The standard InChI is InChI=1S/C21H25NO4S/c1-25-20-5-2-16(3-6-20)10-13-27(23,24)22-11-8-19(15-22)17-4-7-21-18(14-17)9-12-26-21/h2-7,14,19H,8-13,15H2,1H3/t19-/m1/s1. The van der Waals surface area contributed by atoms with E-state index in [0.29, 0.717) is 19.5 Å². The Hall–Kier alpha value is -2.05. The van der Waals surface area contributed by atoms with Crippen LogP contribution in [0.1, 0.15) is 29.0 Å². The van der Waals surface area contributed by atoms with Gasteiger partial charge in [0.05, 0.1) is 19.5 Å². The smallest absolute Gasteiger partial charge is 0.214 e. The molecular weight excluding hydrogens is 362 g/mol. The average molecular weight is 388 g/mol. The molecule has 4 rings (SSSR count). The number of hydrogen-bond donors (Lipinski definition) is 0. The molecule has 27 heavy (non-hydrogen) atoms. The summed E-state index contributed by atoms with van der Waals surface area (Å²) in [6, 6.07) is 13.9. The molecule has 0 spiro atoms. The lowest BCUT2D eigenvalue weighted by atomic mass is 9.96. The van der Waals surface area contributed by atoms with Crippen molar-refractivity contribution in [1.82, 2.24) is 4.31 Å². The molecule has 6 heteroatoms. The predicted molar refractivity (Wildman–Crippen MR) is 105 cm³/mol. The Morgan fingerprint density at radius 1 is 1.19 bits per heavy atom. The maximum Gasteiger partial charge on any atom is 0.214 e. The predicted octanol–water partition coefficient (Wildman–Crippen LogP) is 2.99. The van der Waals surface area contributed by atoms with Crippen LogP contribution < -0.4 is 9.47 Å². The molecule has 5 nitrogen and oxygen atoms in total. The fourth-order valence-corrected chi connectivity index (χ4v) is 5.42. The van der Waals surface area contributed by atoms with Gasteiger partial charge in [0.2, 0.25) is 10.0 Å². The van der Waals surface area contributed by atoms with Crippen molar-refractivity contribution in [2.45, 2.75) is 25.2 Å². The summed E-state index contributed by atoms with van der Waals surface area (Å²) in [7, 11) is -1.63. The summed E-state index contributed by atoms with van der Waals surface area (Å²) in [6.07, 6.45) is 2.34. The number of methoxy groups -OCH3 is 1. The monoisotopic (exact) mass is 387 g/mol. The second kappa shape index (κ2) is 7.52. The molecule has 1 fully saturated rings. The van der Waals surface area contributed by atoms with Crippen LogP contribution in [0.2, 0.25) is 0 Å². The summed E-state index contributed by atoms with van der Waals surface area (Å²) >= 11 is 0. The maximum absolute atomic E-state index is 12.8. The molecule has 2 aromatic rings. The molecule has 2 aromatic carbocycles. The largest absolute Gasteiger partial charge is 0.497 e. The first-order valence-electron chi connectivity index (χ1n) is 9.41. The summed E-state index contributed by atoms with van der Waals surface area (Å²) in [4.78, 5) is 0. The van der Waals surface area contributed by atoms with Crippen molar-refractivity contribution in [2.24, 2.45) is 0 Å². The van der Waals surface area contributed by atoms with Gasteiger partial charge in [-0.25, -0.2) is 12.7 Å². The summed E-state index contributed by atoms with van der Waals surface area (Å²) in [5.74, 6) is 2.17. The van der Waals surface area contributed by atoms with Gasteiger partial charge in [0, 0.05) is 19.5 Å². The Kier molecular flexibility index (Phi) is 5.10. The Morgan fingerprint density at radius 3 is 2.78 bits per heavy atom. The average Bonchev–Trinajstić information content (AvgIpc) is 3.36. The Balaban J connectivity index is 1.38. The van der Waals surface area contributed by atoms with Crippen molar-refractivity contribution < 1.29 is 17.9 Å². The van der Waals surface area contributed by atoms with Gasteiger partial charge < -0.3 is 9.47 Å². The van der Waals surface area contributed by atoms with E-state index in [4.69, 9.17) is 9.47 Å². The van der Waals surface area contributed by atoms with E-state index >= 15 is 0 Å². The van der Waals surface area contributed by atoms with Crippen LogP contribution in [0, 0.1) is 0 Å². The quantitative estimate of drug-likeness (QED) is 0.765. The highest BCUT2D eigenvalue weighted by atomic mass is 32.2. The van der Waals surface area contributed by atoms with Crippen molar-refractivity contribution >= 4 is 10.0 Å². The lowest BCUT2D eigenvalue weighted by Crippen LogP contribution is -2.31. The molecule has 0 bridgehead atoms. The molecule has 0 N–H and O–H groups in total. The zero-order valence-corrected chi connectivity index (χ0v) is 16.4. The van der Waals surface area contributed by atoms with E-state index in [1.165, 1.54) is 11.1 Å². The lowest BCUT2D eigenvalue weighted by molar-refractivity contribution is 0.357. The zero-order valence-electron chi connectivity index (χ0n) is 15.6. The fraction of sp³-hybridized carbons (Fsp3) is 0.429. The molecule has 0 radical (unpaired) electrons. The molecule has 0 saturated carbocycles. The van der Waals surface area contributed by atoms with E-state index in [1.807, 2.05) is 30.3 Å². The molecule has 2 heterocycles. The Labute approximate surface area is 161 Å². The van der Waals surface area contributed by atoms with Crippen LogP contribution in [-0.4, -0.2) is 45.3 Å². The summed E-state index contributed by atoms with van der Waals surface area (Å²) < 4.78 is 37.9. The first-order valence-corrected chi connectivity index (χ1v) is 11.0. The van der Waals surface area contributed by atoms with Crippen LogP contribution in [0.5, 0.6) is 11.5 Å². The van der Waals surface area contributed by atoms with Gasteiger partial charge in [-0.3, -0.25) is 0 Å². The van der Waals surface area contributed by atoms with Gasteiger partial charge in [0.15, 0.2) is 0 Å². The van der Waals surface area contributed by atoms with E-state index < -0.39 is 10.0 Å². The molecule has 1 atom stereocenters. The SMILES string of the molecule is COc1ccc(CCS(=O)(=O)N2CC[C@@H](c3ccc4c(c3)CCO4)C2)cc1. The second-order valence-electron chi connectivity index (χ2n) is 7.22. The molecule has 144 valence electrons. The molecule has 0 aromatic heterocycles. The maximum atomic E-state index is 12.8. The second-order valence-corrected chi connectivity index (χ2v) is 9.31. The number of nitrogens with zero attached hydrogens (tertiary/aromatic N) is 1. The van der Waals surface area contributed by atoms with Gasteiger partial charge >= 0.3 is 0 Å². The number of benzene rings is 2. The van der Waals surface area contributed by atoms with Crippen LogP contribution in [0.25, 0.3) is 0 Å². The topological polar surface area (TPSA) is 55.8 Å². The summed E-state index contributed by atoms with van der Waals surface area (Å²) in [5, 5.41) is 0. The zero-order chi connectivity index (χ0) is 18.9. The molecule has 2 aliphatic rings. The molecular formula is C21H25NO4S. The van der Waals surface area contributed by atoms with Crippen LogP contribution in [0.15, 0.2) is 42.5 Å². The molecule has 2 aliphatic heterocycles. The van der Waals surface area contributed by atoms with Gasteiger partial charge in [-0.15, -0.1) is 0 Å². The molecule has 0 aliphatic carbocycles. The van der Waals surface area contributed by atoms with Gasteiger partial charge in [-0.1, -0.05) is 24.3 Å². The van der Waals surface area contributed by atoms with E-state index in [0.717, 1.165) is 36.5 Å². The Bertz CT molecular complexity index is 908. The van der Waals surface area contributed by atoms with Gasteiger partial charge in [0.25, 0.3) is 0 Å². The highest BCUT2D eigenvalue weighted by molar-refractivity contribution is 7.89. The number of hydrogen-bond acceptors (Lipinski definition) is 4. The van der Waals surface area contributed by atoms with E-state index in [9.17, 15) is 8.42 Å². The summed E-state index contributed by atoms with van der Waals surface area (Å²) in [6.45, 7) is 1.92. The lowest BCUT2D eigenvalue weighted by Gasteiger charge is -2.17. The minimum atomic E-state index is -3.25. The summed E-state index contributed by atoms with van der Waals surface area (Å²) in [5.41, 5.74) is 3.48. The van der Waals surface area contributed by atoms with Crippen molar-refractivity contribution in [3.8, 4) is 11.5 Å². The molecule has 0 amide bonds. The first kappa shape index (κ1) is 18.3. The van der Waals surface area contributed by atoms with Crippen molar-refractivity contribution in [3.63, 3.8) is 0 Å². The minimum absolute atomic E-state index is 0.143. The van der Waals surface area contributed by atoms with Crippen molar-refractivity contribution in [1.29, 1.82) is 0 Å². The van der Waals surface area contributed by atoms with Gasteiger partial charge in [-0.2, -0.15) is 0 Å². The van der Waals surface area contributed by atoms with Crippen LogP contribution in [0.3, 0.4) is 0 Å². The highest BCUT2D eigenvalue weighted by Gasteiger charge is 2.32. The number of fused-ring (bicyclic) bond motifs is 1. The minimum Gasteiger partial charge on any atom is -0.497 e. The highest BCUT2D eigenvalue weighted by Crippen LogP contribution is 2.33. The van der Waals surface area contributed by atoms with Crippen molar-refractivity contribution in [2.75, 3.05) is 32.6 Å². The third-order valence-electron chi connectivity index (χ3n) is 5.54. The van der Waals surface area contributed by atoms with Crippen LogP contribution in [-0.2, 0) is 22.9 Å². The third kappa shape index (κ3) is 3.96. The number of ether oxygens (including phenoxy) is 2. The number of aryl methyl sites for hydroxylation is 1. The van der Waals surface area contributed by atoms with Crippen molar-refractivity contribution in [3.05, 3.63) is 59.2 Å². The van der Waals surface area contributed by atoms with Gasteiger partial charge in [0.1, 0.15) is 11.5 Å². The number of sulfonamides is 1. The van der Waals surface area contributed by atoms with E-state index in [-0.39, 0.29) is 11.7 Å². The normalized spacial score (nSPS) is 19.7. The fourth-order valence-electron chi connectivity index (χ4n) is 3.88. The first-order chi connectivity index (χ1) is 13.0. The van der Waals surface area contributed by atoms with E-state index in [2.05, 4.69) is 12.1 Å². The number of rotatable bonds is 6. The molecule has 1 saturated heterocycles. The van der Waals surface area contributed by atoms with E-state index in [1.54, 1.807) is 11.4 Å². The van der Waals surface area contributed by atoms with Crippen LogP contribution in [0.4, 0.5) is 0 Å². The molecule has 0 unspecified atom stereocenters. The van der Waals surface area contributed by atoms with Crippen LogP contribution >= 0.6 is 0 Å². The third-order valence-corrected chi connectivity index (χ3v) is 7.38. The Morgan fingerprint density at radius 2 is 2.00 bits per heavy atom.